The van der Waals surface area contributed by atoms with E-state index in [1.165, 1.54) is 18.4 Å². The minimum absolute atomic E-state index is 0.0475. The number of rotatable bonds is 6. The molecular formula is C26H40O4. The van der Waals surface area contributed by atoms with E-state index < -0.39 is 6.10 Å². The van der Waals surface area contributed by atoms with E-state index in [1.807, 2.05) is 0 Å². The van der Waals surface area contributed by atoms with Crippen LogP contribution < -0.4 is 0 Å². The Morgan fingerprint density at radius 1 is 1.10 bits per heavy atom. The smallest absolute Gasteiger partial charge is 0.306 e. The molecule has 30 heavy (non-hydrogen) atoms. The molecule has 2 unspecified atom stereocenters. The van der Waals surface area contributed by atoms with Crippen LogP contribution in [0.3, 0.4) is 0 Å². The Morgan fingerprint density at radius 2 is 1.83 bits per heavy atom. The summed E-state index contributed by atoms with van der Waals surface area (Å²) in [5, 5.41) is 11.1. The Labute approximate surface area is 181 Å². The normalized spacial score (nSPS) is 42.7. The molecule has 1 N–H and O–H groups in total. The number of fused-ring (bicyclic) bond motifs is 5. The lowest BCUT2D eigenvalue weighted by Gasteiger charge is -2.58. The molecule has 0 bridgehead atoms. The van der Waals surface area contributed by atoms with Crippen molar-refractivity contribution in [3.63, 3.8) is 0 Å². The number of hydrogen-bond acceptors (Lipinski definition) is 4. The highest BCUT2D eigenvalue weighted by Gasteiger charge is 2.60. The maximum Gasteiger partial charge on any atom is 0.306 e. The van der Waals surface area contributed by atoms with Crippen molar-refractivity contribution in [2.45, 2.75) is 110 Å². The SMILES string of the molecule is CCCCCCC(=O)OC1CC[C@@]2(C)C(=CC(O)[C@@H]3[C@H]2CC[C@]2(C)C(=O)CC[C@@H]32)C1. The zero-order valence-corrected chi connectivity index (χ0v) is 19.1. The van der Waals surface area contributed by atoms with E-state index in [0.717, 1.165) is 51.4 Å². The average molecular weight is 417 g/mol. The summed E-state index contributed by atoms with van der Waals surface area (Å²) < 4.78 is 5.83. The van der Waals surface area contributed by atoms with Crippen molar-refractivity contribution in [3.05, 3.63) is 11.6 Å². The molecule has 0 saturated heterocycles. The first-order valence-electron chi connectivity index (χ1n) is 12.4. The minimum atomic E-state index is -0.475. The number of carbonyl (C=O) groups excluding carboxylic acids is 2. The molecule has 168 valence electrons. The summed E-state index contributed by atoms with van der Waals surface area (Å²) in [7, 11) is 0. The number of hydrogen-bond donors (Lipinski definition) is 1. The van der Waals surface area contributed by atoms with Gasteiger partial charge in [0.2, 0.25) is 0 Å². The first-order chi connectivity index (χ1) is 14.3. The van der Waals surface area contributed by atoms with Gasteiger partial charge in [-0.05, 0) is 61.7 Å². The van der Waals surface area contributed by atoms with E-state index >= 15 is 0 Å². The topological polar surface area (TPSA) is 63.6 Å². The fraction of sp³-hybridized carbons (Fsp3) is 0.846. The number of aliphatic hydroxyl groups is 1. The lowest BCUT2D eigenvalue weighted by Crippen LogP contribution is -2.54. The van der Waals surface area contributed by atoms with E-state index in [-0.39, 0.29) is 28.8 Å². The van der Waals surface area contributed by atoms with Gasteiger partial charge < -0.3 is 9.84 Å². The van der Waals surface area contributed by atoms with Crippen molar-refractivity contribution < 1.29 is 19.4 Å². The third-order valence-electron chi connectivity index (χ3n) is 9.33. The lowest BCUT2D eigenvalue weighted by molar-refractivity contribution is -0.152. The number of Topliss-reactive ketones (excluding diaryl/α,β-unsaturated/α-hetero) is 1. The van der Waals surface area contributed by atoms with Crippen LogP contribution in [0.2, 0.25) is 0 Å². The van der Waals surface area contributed by atoms with Gasteiger partial charge in [0, 0.05) is 24.7 Å². The molecule has 4 nitrogen and oxygen atoms in total. The number of carbonyl (C=O) groups is 2. The Balaban J connectivity index is 1.44. The quantitative estimate of drug-likeness (QED) is 0.359. The second kappa shape index (κ2) is 8.41. The van der Waals surface area contributed by atoms with Crippen molar-refractivity contribution in [3.8, 4) is 0 Å². The van der Waals surface area contributed by atoms with E-state index in [2.05, 4.69) is 26.8 Å². The van der Waals surface area contributed by atoms with Crippen molar-refractivity contribution in [2.75, 3.05) is 0 Å². The van der Waals surface area contributed by atoms with Crippen LogP contribution in [0, 0.1) is 28.6 Å². The van der Waals surface area contributed by atoms with Crippen LogP contribution in [0.4, 0.5) is 0 Å². The number of esters is 1. The van der Waals surface area contributed by atoms with Gasteiger partial charge in [-0.2, -0.15) is 0 Å². The van der Waals surface area contributed by atoms with Crippen LogP contribution in [-0.4, -0.2) is 29.1 Å². The molecule has 0 aromatic rings. The molecule has 0 spiro atoms. The maximum absolute atomic E-state index is 12.6. The van der Waals surface area contributed by atoms with Crippen LogP contribution in [0.1, 0.15) is 97.8 Å². The molecule has 4 aliphatic rings. The zero-order chi connectivity index (χ0) is 21.5. The minimum Gasteiger partial charge on any atom is -0.462 e. The molecule has 0 aliphatic heterocycles. The first-order valence-corrected chi connectivity index (χ1v) is 12.4. The van der Waals surface area contributed by atoms with Crippen LogP contribution in [-0.2, 0) is 14.3 Å². The van der Waals surface area contributed by atoms with Crippen molar-refractivity contribution in [1.29, 1.82) is 0 Å². The Morgan fingerprint density at radius 3 is 2.60 bits per heavy atom. The largest absolute Gasteiger partial charge is 0.462 e. The second-order valence-electron chi connectivity index (χ2n) is 11.0. The lowest BCUT2D eigenvalue weighted by atomic mass is 9.47. The summed E-state index contributed by atoms with van der Waals surface area (Å²) in [6, 6.07) is 0. The van der Waals surface area contributed by atoms with Crippen LogP contribution in [0.25, 0.3) is 0 Å². The van der Waals surface area contributed by atoms with E-state index in [9.17, 15) is 14.7 Å². The van der Waals surface area contributed by atoms with Crippen molar-refractivity contribution in [1.82, 2.24) is 0 Å². The molecule has 0 amide bonds. The van der Waals surface area contributed by atoms with E-state index in [4.69, 9.17) is 4.74 Å². The Bertz CT molecular complexity index is 712. The first kappa shape index (κ1) is 22.0. The summed E-state index contributed by atoms with van der Waals surface area (Å²) >= 11 is 0. The van der Waals surface area contributed by atoms with Gasteiger partial charge in [-0.15, -0.1) is 0 Å². The van der Waals surface area contributed by atoms with Gasteiger partial charge in [-0.3, -0.25) is 9.59 Å². The maximum atomic E-state index is 12.6. The van der Waals surface area contributed by atoms with Crippen LogP contribution in [0.5, 0.6) is 0 Å². The Hall–Kier alpha value is -1.16. The molecular weight excluding hydrogens is 376 g/mol. The van der Waals surface area contributed by atoms with Crippen molar-refractivity contribution >= 4 is 11.8 Å². The standard InChI is InChI=1S/C26H40O4/c1-4-5-6-7-8-23(29)30-18-11-13-25(2)17(15-18)16-21(27)24-19-9-10-22(28)26(19,3)14-12-20(24)25/h16,18-21,24,27H,4-15H2,1-3H3/t18?,19-,20+,21?,24-,25-,26-/m0/s1. The molecule has 0 aromatic heterocycles. The fourth-order valence-electron chi connectivity index (χ4n) is 7.43. The number of aliphatic hydroxyl groups excluding tert-OH is 1. The Kier molecular flexibility index (Phi) is 6.18. The fourth-order valence-corrected chi connectivity index (χ4v) is 7.43. The van der Waals surface area contributed by atoms with Gasteiger partial charge in [0.05, 0.1) is 6.10 Å². The highest BCUT2D eigenvalue weighted by atomic mass is 16.5. The molecule has 4 aliphatic carbocycles. The predicted octanol–water partition coefficient (Wildman–Crippen LogP) is 5.37. The molecule has 3 fully saturated rings. The molecule has 0 radical (unpaired) electrons. The van der Waals surface area contributed by atoms with Gasteiger partial charge in [-0.1, -0.05) is 51.7 Å². The second-order valence-corrected chi connectivity index (χ2v) is 11.0. The highest BCUT2D eigenvalue weighted by molar-refractivity contribution is 5.87. The summed E-state index contributed by atoms with van der Waals surface area (Å²) in [6.45, 7) is 6.69. The summed E-state index contributed by atoms with van der Waals surface area (Å²) in [4.78, 5) is 24.9. The number of ketones is 1. The number of unbranched alkanes of at least 4 members (excludes halogenated alkanes) is 3. The molecule has 4 rings (SSSR count). The summed E-state index contributed by atoms with van der Waals surface area (Å²) in [5.41, 5.74) is 1.13. The van der Waals surface area contributed by atoms with Gasteiger partial charge in [0.1, 0.15) is 11.9 Å². The monoisotopic (exact) mass is 416 g/mol. The summed E-state index contributed by atoms with van der Waals surface area (Å²) in [5.74, 6) is 1.29. The third-order valence-corrected chi connectivity index (χ3v) is 9.33. The van der Waals surface area contributed by atoms with Crippen LogP contribution >= 0.6 is 0 Å². The van der Waals surface area contributed by atoms with Gasteiger partial charge in [0.15, 0.2) is 0 Å². The van der Waals surface area contributed by atoms with E-state index in [0.29, 0.717) is 30.5 Å². The third kappa shape index (κ3) is 3.67. The van der Waals surface area contributed by atoms with Crippen LogP contribution in [0.15, 0.2) is 11.6 Å². The van der Waals surface area contributed by atoms with Gasteiger partial charge in [-0.25, -0.2) is 0 Å². The highest BCUT2D eigenvalue weighted by Crippen LogP contribution is 2.64. The van der Waals surface area contributed by atoms with Gasteiger partial charge in [0.25, 0.3) is 0 Å². The number of ether oxygens (including phenoxy) is 1. The summed E-state index contributed by atoms with van der Waals surface area (Å²) in [6.07, 6.45) is 12.7. The molecule has 0 heterocycles. The molecule has 7 atom stereocenters. The van der Waals surface area contributed by atoms with Gasteiger partial charge >= 0.3 is 5.97 Å². The molecule has 4 heteroatoms. The van der Waals surface area contributed by atoms with E-state index in [1.54, 1.807) is 0 Å². The molecule has 0 aromatic carbocycles. The van der Waals surface area contributed by atoms with Crippen molar-refractivity contribution in [2.24, 2.45) is 28.6 Å². The zero-order valence-electron chi connectivity index (χ0n) is 19.1. The average Bonchev–Trinajstić information content (AvgIpc) is 3.01. The molecule has 3 saturated carbocycles. The predicted molar refractivity (Wildman–Crippen MR) is 117 cm³/mol.